The number of nitrogens with zero attached hydrogens (tertiary/aromatic N) is 2. The zero-order chi connectivity index (χ0) is 16.5. The van der Waals surface area contributed by atoms with Crippen LogP contribution in [0.4, 0.5) is 26.2 Å². The fraction of sp³-hybridized carbons (Fsp3) is 0.444. The molecular formula is C18H20F2N4. The molecule has 4 rings (SSSR count). The third-order valence-corrected chi connectivity index (χ3v) is 4.64. The first-order chi connectivity index (χ1) is 11.7. The first-order valence-corrected chi connectivity index (χ1v) is 8.55. The molecule has 0 radical (unpaired) electrons. The lowest BCUT2D eigenvalue weighted by Crippen LogP contribution is -2.17. The Balaban J connectivity index is 1.61. The molecule has 0 saturated heterocycles. The lowest BCUT2D eigenvalue weighted by Gasteiger charge is -2.15. The van der Waals surface area contributed by atoms with E-state index < -0.39 is 11.6 Å². The van der Waals surface area contributed by atoms with Crippen molar-refractivity contribution >= 4 is 17.5 Å². The smallest absolute Gasteiger partial charge is 0.225 e. The van der Waals surface area contributed by atoms with Crippen LogP contribution in [0, 0.1) is 11.6 Å². The molecule has 0 unspecified atom stereocenters. The van der Waals surface area contributed by atoms with E-state index in [1.165, 1.54) is 25.0 Å². The average Bonchev–Trinajstić information content (AvgIpc) is 3.30. The van der Waals surface area contributed by atoms with Crippen LogP contribution < -0.4 is 10.6 Å². The Morgan fingerprint density at radius 1 is 1.00 bits per heavy atom. The van der Waals surface area contributed by atoms with Crippen LogP contribution in [-0.2, 0) is 0 Å². The summed E-state index contributed by atoms with van der Waals surface area (Å²) in [4.78, 5) is 9.06. The number of aromatic nitrogens is 2. The van der Waals surface area contributed by atoms with E-state index in [-0.39, 0.29) is 5.69 Å². The summed E-state index contributed by atoms with van der Waals surface area (Å²) in [5.41, 5.74) is 1.05. The summed E-state index contributed by atoms with van der Waals surface area (Å²) in [6.07, 6.45) is 6.93. The predicted octanol–water partition coefficient (Wildman–Crippen LogP) is 4.73. The van der Waals surface area contributed by atoms with Gasteiger partial charge in [0.05, 0.1) is 11.4 Å². The zero-order valence-electron chi connectivity index (χ0n) is 13.4. The Labute approximate surface area is 139 Å². The second kappa shape index (κ2) is 6.34. The van der Waals surface area contributed by atoms with E-state index in [0.29, 0.717) is 23.7 Å². The maximum absolute atomic E-state index is 13.9. The molecule has 0 bridgehead atoms. The monoisotopic (exact) mass is 330 g/mol. The molecule has 0 spiro atoms. The van der Waals surface area contributed by atoms with Crippen molar-refractivity contribution in [2.75, 3.05) is 10.6 Å². The van der Waals surface area contributed by atoms with E-state index in [2.05, 4.69) is 20.6 Å². The van der Waals surface area contributed by atoms with Gasteiger partial charge in [-0.15, -0.1) is 0 Å². The van der Waals surface area contributed by atoms with Gasteiger partial charge >= 0.3 is 0 Å². The van der Waals surface area contributed by atoms with Gasteiger partial charge < -0.3 is 10.6 Å². The fourth-order valence-electron chi connectivity index (χ4n) is 3.17. The van der Waals surface area contributed by atoms with Gasteiger partial charge in [-0.2, -0.15) is 4.98 Å². The van der Waals surface area contributed by atoms with Crippen LogP contribution in [0.2, 0.25) is 0 Å². The lowest BCUT2D eigenvalue weighted by molar-refractivity contribution is 0.511. The van der Waals surface area contributed by atoms with Crippen LogP contribution in [-0.4, -0.2) is 16.0 Å². The quantitative estimate of drug-likeness (QED) is 0.832. The molecule has 2 aromatic rings. The van der Waals surface area contributed by atoms with E-state index >= 15 is 0 Å². The van der Waals surface area contributed by atoms with Gasteiger partial charge in [0, 0.05) is 18.0 Å². The molecule has 2 aliphatic carbocycles. The standard InChI is InChI=1S/C18H20F2N4/c19-13-6-3-7-14(17(13)20)22-16-10-15(11-8-9-11)23-18(24-16)21-12-4-1-2-5-12/h3,6-7,10-12H,1-2,4-5,8-9H2,(H2,21,22,23,24). The Bertz CT molecular complexity index is 740. The zero-order valence-corrected chi connectivity index (χ0v) is 13.4. The van der Waals surface area contributed by atoms with E-state index in [1.807, 2.05) is 6.07 Å². The van der Waals surface area contributed by atoms with Crippen molar-refractivity contribution < 1.29 is 8.78 Å². The molecule has 24 heavy (non-hydrogen) atoms. The maximum Gasteiger partial charge on any atom is 0.225 e. The van der Waals surface area contributed by atoms with Gasteiger partial charge in [0.2, 0.25) is 5.95 Å². The molecule has 1 aromatic heterocycles. The number of halogens is 2. The van der Waals surface area contributed by atoms with Crippen LogP contribution in [0.15, 0.2) is 24.3 Å². The Kier molecular flexibility index (Phi) is 4.04. The highest BCUT2D eigenvalue weighted by Crippen LogP contribution is 2.40. The minimum absolute atomic E-state index is 0.0854. The molecule has 4 nitrogen and oxygen atoms in total. The molecule has 2 saturated carbocycles. The lowest BCUT2D eigenvalue weighted by atomic mass is 10.2. The number of hydrogen-bond acceptors (Lipinski definition) is 4. The number of anilines is 3. The minimum atomic E-state index is -0.894. The van der Waals surface area contributed by atoms with Gasteiger partial charge in [-0.25, -0.2) is 13.8 Å². The highest BCUT2D eigenvalue weighted by Gasteiger charge is 2.27. The van der Waals surface area contributed by atoms with E-state index in [0.717, 1.165) is 37.4 Å². The van der Waals surface area contributed by atoms with Crippen molar-refractivity contribution in [3.63, 3.8) is 0 Å². The second-order valence-electron chi connectivity index (χ2n) is 6.63. The number of benzene rings is 1. The summed E-state index contributed by atoms with van der Waals surface area (Å²) < 4.78 is 27.3. The van der Waals surface area contributed by atoms with Crippen molar-refractivity contribution in [2.24, 2.45) is 0 Å². The molecule has 2 N–H and O–H groups in total. The fourth-order valence-corrected chi connectivity index (χ4v) is 3.17. The summed E-state index contributed by atoms with van der Waals surface area (Å²) in [7, 11) is 0. The normalized spacial score (nSPS) is 17.9. The van der Waals surface area contributed by atoms with Gasteiger partial charge in [-0.05, 0) is 37.8 Å². The Morgan fingerprint density at radius 3 is 2.54 bits per heavy atom. The van der Waals surface area contributed by atoms with Crippen molar-refractivity contribution in [3.05, 3.63) is 41.6 Å². The van der Waals surface area contributed by atoms with Crippen LogP contribution in [0.3, 0.4) is 0 Å². The molecule has 126 valence electrons. The topological polar surface area (TPSA) is 49.8 Å². The van der Waals surface area contributed by atoms with E-state index in [4.69, 9.17) is 0 Å². The first kappa shape index (κ1) is 15.3. The summed E-state index contributed by atoms with van der Waals surface area (Å²) in [6, 6.07) is 6.31. The Morgan fingerprint density at radius 2 is 1.79 bits per heavy atom. The summed E-state index contributed by atoms with van der Waals surface area (Å²) in [5, 5.41) is 6.28. The molecule has 0 amide bonds. The van der Waals surface area contributed by atoms with Crippen molar-refractivity contribution in [2.45, 2.75) is 50.5 Å². The molecule has 0 aliphatic heterocycles. The van der Waals surface area contributed by atoms with Crippen molar-refractivity contribution in [1.29, 1.82) is 0 Å². The third kappa shape index (κ3) is 3.32. The number of nitrogens with one attached hydrogen (secondary N) is 2. The molecule has 1 heterocycles. The van der Waals surface area contributed by atoms with Crippen LogP contribution in [0.5, 0.6) is 0 Å². The molecule has 0 atom stereocenters. The SMILES string of the molecule is Fc1cccc(Nc2cc(C3CC3)nc(NC3CCCC3)n2)c1F. The largest absolute Gasteiger partial charge is 0.351 e. The molecule has 2 fully saturated rings. The molecular weight excluding hydrogens is 310 g/mol. The molecule has 6 heteroatoms. The molecule has 2 aliphatic rings. The minimum Gasteiger partial charge on any atom is -0.351 e. The Hall–Kier alpha value is -2.24. The van der Waals surface area contributed by atoms with Gasteiger partial charge in [0.1, 0.15) is 5.82 Å². The van der Waals surface area contributed by atoms with Crippen LogP contribution >= 0.6 is 0 Å². The number of hydrogen-bond donors (Lipinski definition) is 2. The summed E-state index contributed by atoms with van der Waals surface area (Å²) in [5.74, 6) is -0.243. The van der Waals surface area contributed by atoms with Crippen LogP contribution in [0.25, 0.3) is 0 Å². The van der Waals surface area contributed by atoms with Gasteiger partial charge in [0.25, 0.3) is 0 Å². The van der Waals surface area contributed by atoms with Crippen LogP contribution in [0.1, 0.15) is 50.1 Å². The summed E-state index contributed by atoms with van der Waals surface area (Å²) >= 11 is 0. The first-order valence-electron chi connectivity index (χ1n) is 8.55. The summed E-state index contributed by atoms with van der Waals surface area (Å²) in [6.45, 7) is 0. The van der Waals surface area contributed by atoms with E-state index in [9.17, 15) is 8.78 Å². The van der Waals surface area contributed by atoms with Crippen molar-refractivity contribution in [1.82, 2.24) is 9.97 Å². The van der Waals surface area contributed by atoms with E-state index in [1.54, 1.807) is 0 Å². The average molecular weight is 330 g/mol. The van der Waals surface area contributed by atoms with Gasteiger partial charge in [0.15, 0.2) is 11.6 Å². The number of rotatable bonds is 5. The molecule has 1 aromatic carbocycles. The second-order valence-corrected chi connectivity index (χ2v) is 6.63. The maximum atomic E-state index is 13.9. The van der Waals surface area contributed by atoms with Gasteiger partial charge in [-0.3, -0.25) is 0 Å². The predicted molar refractivity (Wildman–Crippen MR) is 89.5 cm³/mol. The van der Waals surface area contributed by atoms with Gasteiger partial charge in [-0.1, -0.05) is 18.9 Å². The highest BCUT2D eigenvalue weighted by atomic mass is 19.2. The third-order valence-electron chi connectivity index (χ3n) is 4.64. The highest BCUT2D eigenvalue weighted by molar-refractivity contribution is 5.58. The van der Waals surface area contributed by atoms with Crippen molar-refractivity contribution in [3.8, 4) is 0 Å².